The van der Waals surface area contributed by atoms with E-state index in [1.54, 1.807) is 0 Å². The van der Waals surface area contributed by atoms with Gasteiger partial charge in [0.05, 0.1) is 22.8 Å². The van der Waals surface area contributed by atoms with E-state index in [0.717, 1.165) is 94.3 Å². The second kappa shape index (κ2) is 16.2. The number of carbonyl (C=O) groups is 2. The number of aryl methyl sites for hydroxylation is 3. The van der Waals surface area contributed by atoms with E-state index >= 15 is 0 Å². The molecule has 0 saturated carbocycles. The summed E-state index contributed by atoms with van der Waals surface area (Å²) in [6.45, 7) is 12.7. The summed E-state index contributed by atoms with van der Waals surface area (Å²) in [7, 11) is 0. The van der Waals surface area contributed by atoms with Gasteiger partial charge in [-0.25, -0.2) is 9.97 Å². The predicted octanol–water partition coefficient (Wildman–Crippen LogP) is 10.8. The van der Waals surface area contributed by atoms with Crippen LogP contribution in [0.25, 0.3) is 66.2 Å². The van der Waals surface area contributed by atoms with E-state index in [2.05, 4.69) is 92.5 Å². The average Bonchev–Trinajstić information content (AvgIpc) is 4.06. The molecule has 2 aliphatic rings. The van der Waals surface area contributed by atoms with Gasteiger partial charge in [-0.2, -0.15) is 0 Å². The first kappa shape index (κ1) is 41.3. The second-order valence-corrected chi connectivity index (χ2v) is 16.2. The Morgan fingerprint density at radius 1 is 0.623 bits per heavy atom. The average molecular weight is 850 g/mol. The maximum absolute atomic E-state index is 11.9. The van der Waals surface area contributed by atoms with Crippen LogP contribution in [0.4, 0.5) is 0 Å². The molecular weight excluding hydrogens is 804 g/mol. The Kier molecular flexibility index (Phi) is 11.0. The van der Waals surface area contributed by atoms with E-state index in [1.165, 1.54) is 5.56 Å². The van der Waals surface area contributed by atoms with Crippen LogP contribution in [0.15, 0.2) is 85.2 Å². The Bertz CT molecular complexity index is 3160. The molecule has 2 aliphatic heterocycles. The molecule has 2 atom stereocenters. The zero-order valence-corrected chi connectivity index (χ0v) is 36.1. The van der Waals surface area contributed by atoms with Crippen molar-refractivity contribution in [3.8, 4) is 0 Å². The van der Waals surface area contributed by atoms with Crippen molar-refractivity contribution in [1.82, 2.24) is 29.9 Å². The third kappa shape index (κ3) is 7.32. The molecule has 0 aliphatic carbocycles. The standard InChI is InChI=1S/C50H48N6O4.Mn/c1-25-31(15-17-47(57)58)43-22-44-32(16-18-48(59)60)26(2)40(54-44)20-45-50(28(4)36-24-52-38-14-10-8-12-34(36)38)30(6)42(56-45)21-46-49(29(5)41(55-46)19-39(25)53-43)27(3)35-23-51-37-13-9-7-11-33(35)37;/h7-14,19-24,27-28,51-52H,15-18H2,1-6H3,(H4,53,54,55,56,57,58,59,60);/q;+2/p-2. The minimum Gasteiger partial charge on any atom is -0.657 e. The summed E-state index contributed by atoms with van der Waals surface area (Å²) in [6.07, 6.45) is 4.61. The van der Waals surface area contributed by atoms with Gasteiger partial charge in [0, 0.05) is 58.9 Å². The minimum atomic E-state index is -0.898. The first-order chi connectivity index (χ1) is 28.9. The van der Waals surface area contributed by atoms with Gasteiger partial charge in [0.2, 0.25) is 0 Å². The van der Waals surface area contributed by atoms with Gasteiger partial charge in [-0.15, -0.1) is 22.1 Å². The quantitative estimate of drug-likeness (QED) is 0.0990. The van der Waals surface area contributed by atoms with Crippen LogP contribution in [0, 0.1) is 13.8 Å². The summed E-state index contributed by atoms with van der Waals surface area (Å²) >= 11 is 0. The van der Waals surface area contributed by atoms with Crippen molar-refractivity contribution in [2.75, 3.05) is 0 Å². The van der Waals surface area contributed by atoms with Crippen LogP contribution in [-0.4, -0.2) is 42.1 Å². The van der Waals surface area contributed by atoms with Gasteiger partial charge in [-0.3, -0.25) is 9.59 Å². The Balaban J connectivity index is 0.00000514. The number of H-pyrrole nitrogens is 2. The third-order valence-corrected chi connectivity index (χ3v) is 12.7. The molecule has 2 aromatic carbocycles. The van der Waals surface area contributed by atoms with Crippen LogP contribution in [-0.2, 0) is 33.1 Å². The summed E-state index contributed by atoms with van der Waals surface area (Å²) in [5, 5.41) is 21.8. The van der Waals surface area contributed by atoms with Crippen molar-refractivity contribution in [3.05, 3.63) is 141 Å². The molecule has 0 saturated heterocycles. The Morgan fingerprint density at radius 3 is 1.79 bits per heavy atom. The van der Waals surface area contributed by atoms with Crippen LogP contribution in [0.3, 0.4) is 0 Å². The number of para-hydroxylation sites is 2. The van der Waals surface area contributed by atoms with Gasteiger partial charge in [0.25, 0.3) is 0 Å². The number of aliphatic carboxylic acids is 2. The van der Waals surface area contributed by atoms with Crippen molar-refractivity contribution < 1.29 is 36.9 Å². The number of carboxylic acids is 2. The number of hydrogen-bond donors (Lipinski definition) is 4. The minimum absolute atomic E-state index is 0. The van der Waals surface area contributed by atoms with Gasteiger partial charge >= 0.3 is 29.0 Å². The monoisotopic (exact) mass is 849 g/mol. The van der Waals surface area contributed by atoms with E-state index in [-0.39, 0.29) is 54.6 Å². The third-order valence-electron chi connectivity index (χ3n) is 12.7. The van der Waals surface area contributed by atoms with Crippen LogP contribution in [0.2, 0.25) is 0 Å². The first-order valence-electron chi connectivity index (χ1n) is 20.5. The Labute approximate surface area is 363 Å². The molecule has 8 bridgehead atoms. The fraction of sp³-hybridized carbons (Fsp3) is 0.240. The fourth-order valence-corrected chi connectivity index (χ4v) is 9.41. The van der Waals surface area contributed by atoms with Gasteiger partial charge < -0.3 is 30.1 Å². The van der Waals surface area contributed by atoms with Crippen LogP contribution in [0.1, 0.15) is 115 Å². The van der Waals surface area contributed by atoms with Crippen molar-refractivity contribution in [1.29, 1.82) is 0 Å². The molecule has 61 heavy (non-hydrogen) atoms. The molecule has 0 fully saturated rings. The largest absolute Gasteiger partial charge is 2.00 e. The number of aromatic amines is 2. The maximum Gasteiger partial charge on any atom is 2.00 e. The van der Waals surface area contributed by atoms with Crippen molar-refractivity contribution in [2.24, 2.45) is 0 Å². The molecule has 1 radical (unpaired) electrons. The molecule has 9 rings (SSSR count). The summed E-state index contributed by atoms with van der Waals surface area (Å²) in [5.74, 6) is -1.88. The summed E-state index contributed by atoms with van der Waals surface area (Å²) < 4.78 is 0. The number of benzene rings is 2. The van der Waals surface area contributed by atoms with Crippen molar-refractivity contribution in [2.45, 2.75) is 79.1 Å². The van der Waals surface area contributed by atoms with Gasteiger partial charge in [-0.1, -0.05) is 96.8 Å². The first-order valence-corrected chi connectivity index (χ1v) is 20.5. The molecule has 5 aromatic heterocycles. The topological polar surface area (TPSA) is 160 Å². The molecule has 0 amide bonds. The molecule has 11 heteroatoms. The maximum atomic E-state index is 11.9. The summed E-state index contributed by atoms with van der Waals surface area (Å²) in [5.41, 5.74) is 17.9. The van der Waals surface area contributed by atoms with Crippen LogP contribution >= 0.6 is 0 Å². The number of fused-ring (bicyclic) bond motifs is 10. The smallest absolute Gasteiger partial charge is 0.657 e. The van der Waals surface area contributed by atoms with Crippen molar-refractivity contribution in [3.63, 3.8) is 0 Å². The number of nitrogens with one attached hydrogen (secondary N) is 2. The Hall–Kier alpha value is -6.42. The predicted molar refractivity (Wildman–Crippen MR) is 239 cm³/mol. The number of allylic oxidation sites excluding steroid dienone is 4. The molecule has 4 N–H and O–H groups in total. The SMILES string of the molecule is CC1=C(CCC(=O)O)c2cc3[n-]c(cc4nc(cc5[n-]c(cc1n2)c(C(C)c1c[nH]c2ccccc12)c5C)C(C(C)c1c[nH]c2ccccc12)=C4C)c(C)c3CCC(=O)O.[Mn+2]. The van der Waals surface area contributed by atoms with E-state index in [9.17, 15) is 19.8 Å². The zero-order chi connectivity index (χ0) is 42.0. The summed E-state index contributed by atoms with van der Waals surface area (Å²) in [6, 6.07) is 24.7. The Morgan fingerprint density at radius 2 is 1.13 bits per heavy atom. The van der Waals surface area contributed by atoms with E-state index in [0.29, 0.717) is 22.4 Å². The van der Waals surface area contributed by atoms with E-state index < -0.39 is 11.9 Å². The van der Waals surface area contributed by atoms with E-state index in [1.807, 2.05) is 44.2 Å². The molecule has 0 spiro atoms. The molecule has 7 heterocycles. The van der Waals surface area contributed by atoms with Gasteiger partial charge in [-0.05, 0) is 86.1 Å². The molecule has 307 valence electrons. The number of hydrogen-bond acceptors (Lipinski definition) is 4. The van der Waals surface area contributed by atoms with Crippen LogP contribution in [0.5, 0.6) is 0 Å². The van der Waals surface area contributed by atoms with Gasteiger partial charge in [0.15, 0.2) is 0 Å². The normalized spacial score (nSPS) is 13.9. The molecule has 2 unspecified atom stereocenters. The molecule has 10 nitrogen and oxygen atoms in total. The number of nitrogens with zero attached hydrogens (tertiary/aromatic N) is 4. The molecular formula is C50H46MnN6O4. The summed E-state index contributed by atoms with van der Waals surface area (Å²) in [4.78, 5) is 51.8. The number of rotatable bonds is 10. The van der Waals surface area contributed by atoms with Crippen molar-refractivity contribution >= 4 is 78.1 Å². The second-order valence-electron chi connectivity index (χ2n) is 16.2. The molecule has 7 aromatic rings. The van der Waals surface area contributed by atoms with Gasteiger partial charge in [0.1, 0.15) is 0 Å². The van der Waals surface area contributed by atoms with Crippen LogP contribution < -0.4 is 9.97 Å². The number of carboxylic acid groups (broad SMARTS) is 2. The number of aromatic nitrogens is 6. The fourth-order valence-electron chi connectivity index (χ4n) is 9.41. The zero-order valence-electron chi connectivity index (χ0n) is 34.9. The van der Waals surface area contributed by atoms with E-state index in [4.69, 9.17) is 19.9 Å².